The summed E-state index contributed by atoms with van der Waals surface area (Å²) in [7, 11) is 0. The number of carbonyl (C=O) groups is 1. The molecule has 0 unspecified atom stereocenters. The van der Waals surface area contributed by atoms with Crippen LogP contribution in [0.25, 0.3) is 0 Å². The smallest absolute Gasteiger partial charge is 0.244 e. The molecule has 1 saturated heterocycles. The molecule has 1 N–H and O–H groups in total. The van der Waals surface area contributed by atoms with E-state index in [0.29, 0.717) is 18.7 Å². The molecule has 0 aliphatic carbocycles. The Morgan fingerprint density at radius 3 is 2.84 bits per heavy atom. The van der Waals surface area contributed by atoms with Gasteiger partial charge in [-0.05, 0) is 43.5 Å². The highest BCUT2D eigenvalue weighted by Gasteiger charge is 2.32. The highest BCUT2D eigenvalue weighted by Crippen LogP contribution is 2.22. The number of anilines is 1. The standard InChI is InChI=1S/C18H20N6O/c19-11-13-4-6-14(7-5-13)23-10-8-15(18(23)25)20-12-17-22-21-16-3-1-2-9-24(16)17/h4-7,15,20H,1-3,8-10,12H2/t15-/m0/s1. The summed E-state index contributed by atoms with van der Waals surface area (Å²) in [4.78, 5) is 14.4. The van der Waals surface area contributed by atoms with E-state index < -0.39 is 0 Å². The topological polar surface area (TPSA) is 86.8 Å². The molecule has 1 fully saturated rings. The van der Waals surface area contributed by atoms with Crippen LogP contribution in [0.1, 0.15) is 36.5 Å². The van der Waals surface area contributed by atoms with E-state index in [1.165, 1.54) is 6.42 Å². The van der Waals surface area contributed by atoms with Gasteiger partial charge in [0, 0.05) is 25.2 Å². The van der Waals surface area contributed by atoms with Gasteiger partial charge in [0.05, 0.1) is 24.2 Å². The van der Waals surface area contributed by atoms with Gasteiger partial charge in [-0.15, -0.1) is 10.2 Å². The number of hydrogen-bond donors (Lipinski definition) is 1. The first kappa shape index (κ1) is 15.8. The maximum atomic E-state index is 12.7. The molecular formula is C18H20N6O. The van der Waals surface area contributed by atoms with Gasteiger partial charge in [0.25, 0.3) is 0 Å². The minimum absolute atomic E-state index is 0.0723. The molecule has 25 heavy (non-hydrogen) atoms. The zero-order chi connectivity index (χ0) is 17.2. The number of carbonyl (C=O) groups excluding carboxylic acids is 1. The molecule has 1 atom stereocenters. The number of benzene rings is 1. The number of nitriles is 1. The molecule has 7 nitrogen and oxygen atoms in total. The van der Waals surface area contributed by atoms with Crippen molar-refractivity contribution in [3.05, 3.63) is 41.5 Å². The van der Waals surface area contributed by atoms with E-state index in [1.54, 1.807) is 17.0 Å². The summed E-state index contributed by atoms with van der Waals surface area (Å²) in [5.74, 6) is 2.04. The summed E-state index contributed by atoms with van der Waals surface area (Å²) in [6, 6.07) is 9.03. The van der Waals surface area contributed by atoms with Crippen molar-refractivity contribution >= 4 is 11.6 Å². The van der Waals surface area contributed by atoms with Crippen LogP contribution in [0.5, 0.6) is 0 Å². The molecule has 0 radical (unpaired) electrons. The summed E-state index contributed by atoms with van der Waals surface area (Å²) in [5, 5.41) is 20.7. The minimum Gasteiger partial charge on any atom is -0.314 e. The third-order valence-corrected chi connectivity index (χ3v) is 4.96. The fourth-order valence-electron chi connectivity index (χ4n) is 3.56. The van der Waals surface area contributed by atoms with E-state index in [1.807, 2.05) is 12.1 Å². The Morgan fingerprint density at radius 2 is 2.04 bits per heavy atom. The number of fused-ring (bicyclic) bond motifs is 1. The first-order chi connectivity index (χ1) is 12.3. The average molecular weight is 336 g/mol. The zero-order valence-electron chi connectivity index (χ0n) is 14.0. The molecular weight excluding hydrogens is 316 g/mol. The Labute approximate surface area is 146 Å². The number of amides is 1. The molecule has 1 amide bonds. The Morgan fingerprint density at radius 1 is 1.20 bits per heavy atom. The van der Waals surface area contributed by atoms with Gasteiger partial charge in [0.1, 0.15) is 11.6 Å². The molecule has 128 valence electrons. The average Bonchev–Trinajstić information content (AvgIpc) is 3.24. The lowest BCUT2D eigenvalue weighted by Gasteiger charge is -2.18. The Hall–Kier alpha value is -2.72. The van der Waals surface area contributed by atoms with Crippen molar-refractivity contribution in [2.24, 2.45) is 0 Å². The van der Waals surface area contributed by atoms with Crippen molar-refractivity contribution in [1.29, 1.82) is 5.26 Å². The monoisotopic (exact) mass is 336 g/mol. The molecule has 2 aromatic rings. The molecule has 0 bridgehead atoms. The van der Waals surface area contributed by atoms with E-state index in [4.69, 9.17) is 5.26 Å². The van der Waals surface area contributed by atoms with Crippen LogP contribution < -0.4 is 10.2 Å². The normalized spacial score (nSPS) is 19.7. The molecule has 2 aliphatic heterocycles. The second kappa shape index (κ2) is 6.65. The number of nitrogens with one attached hydrogen (secondary N) is 1. The van der Waals surface area contributed by atoms with E-state index >= 15 is 0 Å². The van der Waals surface area contributed by atoms with Crippen molar-refractivity contribution < 1.29 is 4.79 Å². The van der Waals surface area contributed by atoms with Crippen LogP contribution in [0.4, 0.5) is 5.69 Å². The summed E-state index contributed by atoms with van der Waals surface area (Å²) in [6.07, 6.45) is 4.08. The molecule has 4 rings (SSSR count). The summed E-state index contributed by atoms with van der Waals surface area (Å²) >= 11 is 0. The molecule has 1 aromatic heterocycles. The van der Waals surface area contributed by atoms with Crippen molar-refractivity contribution in [3.63, 3.8) is 0 Å². The maximum absolute atomic E-state index is 12.7. The van der Waals surface area contributed by atoms with Crippen molar-refractivity contribution in [2.45, 2.75) is 44.8 Å². The molecule has 1 aromatic carbocycles. The van der Waals surface area contributed by atoms with Gasteiger partial charge in [-0.25, -0.2) is 0 Å². The van der Waals surface area contributed by atoms with E-state index in [0.717, 1.165) is 43.1 Å². The molecule has 0 spiro atoms. The third kappa shape index (κ3) is 3.01. The zero-order valence-corrected chi connectivity index (χ0v) is 14.0. The fourth-order valence-corrected chi connectivity index (χ4v) is 3.56. The van der Waals surface area contributed by atoms with Crippen LogP contribution in [-0.2, 0) is 24.3 Å². The number of hydrogen-bond acceptors (Lipinski definition) is 5. The SMILES string of the molecule is N#Cc1ccc(N2CC[C@H](NCc3nnc4n3CCCC4)C2=O)cc1. The first-order valence-electron chi connectivity index (χ1n) is 8.72. The summed E-state index contributed by atoms with van der Waals surface area (Å²) < 4.78 is 2.17. The van der Waals surface area contributed by atoms with Gasteiger partial charge in [-0.2, -0.15) is 5.26 Å². The predicted octanol–water partition coefficient (Wildman–Crippen LogP) is 1.38. The van der Waals surface area contributed by atoms with Crippen LogP contribution in [0.15, 0.2) is 24.3 Å². The lowest BCUT2D eigenvalue weighted by molar-refractivity contribution is -0.118. The molecule has 7 heteroatoms. The van der Waals surface area contributed by atoms with Gasteiger partial charge in [-0.3, -0.25) is 10.1 Å². The van der Waals surface area contributed by atoms with Crippen LogP contribution in [-0.4, -0.2) is 33.3 Å². The Kier molecular flexibility index (Phi) is 4.20. The largest absolute Gasteiger partial charge is 0.314 e. The van der Waals surface area contributed by atoms with Crippen molar-refractivity contribution in [1.82, 2.24) is 20.1 Å². The van der Waals surface area contributed by atoms with E-state index in [-0.39, 0.29) is 11.9 Å². The van der Waals surface area contributed by atoms with Gasteiger partial charge >= 0.3 is 0 Å². The maximum Gasteiger partial charge on any atom is 0.244 e. The van der Waals surface area contributed by atoms with Gasteiger partial charge in [0.15, 0.2) is 0 Å². The Balaban J connectivity index is 1.40. The van der Waals surface area contributed by atoms with Crippen molar-refractivity contribution in [3.8, 4) is 6.07 Å². The van der Waals surface area contributed by atoms with Crippen molar-refractivity contribution in [2.75, 3.05) is 11.4 Å². The van der Waals surface area contributed by atoms with Gasteiger partial charge in [-0.1, -0.05) is 0 Å². The fraction of sp³-hybridized carbons (Fsp3) is 0.444. The quantitative estimate of drug-likeness (QED) is 0.911. The highest BCUT2D eigenvalue weighted by atomic mass is 16.2. The summed E-state index contributed by atoms with van der Waals surface area (Å²) in [6.45, 7) is 2.21. The lowest BCUT2D eigenvalue weighted by Crippen LogP contribution is -2.38. The number of aromatic nitrogens is 3. The van der Waals surface area contributed by atoms with Gasteiger partial charge in [0.2, 0.25) is 5.91 Å². The minimum atomic E-state index is -0.202. The number of nitrogens with zero attached hydrogens (tertiary/aromatic N) is 5. The molecule has 3 heterocycles. The highest BCUT2D eigenvalue weighted by molar-refractivity contribution is 5.99. The lowest BCUT2D eigenvalue weighted by atomic mass is 10.1. The van der Waals surface area contributed by atoms with Crippen LogP contribution >= 0.6 is 0 Å². The van der Waals surface area contributed by atoms with Crippen LogP contribution in [0.3, 0.4) is 0 Å². The Bertz CT molecular complexity index is 819. The predicted molar refractivity (Wildman–Crippen MR) is 91.7 cm³/mol. The summed E-state index contributed by atoms with van der Waals surface area (Å²) in [5.41, 5.74) is 1.44. The first-order valence-corrected chi connectivity index (χ1v) is 8.72. The second-order valence-electron chi connectivity index (χ2n) is 6.51. The van der Waals surface area contributed by atoms with Gasteiger partial charge < -0.3 is 9.47 Å². The van der Waals surface area contributed by atoms with E-state index in [9.17, 15) is 4.79 Å². The number of rotatable bonds is 4. The second-order valence-corrected chi connectivity index (χ2v) is 6.51. The van der Waals surface area contributed by atoms with E-state index in [2.05, 4.69) is 26.2 Å². The van der Waals surface area contributed by atoms with Crippen LogP contribution in [0, 0.1) is 11.3 Å². The third-order valence-electron chi connectivity index (χ3n) is 4.96. The number of aryl methyl sites for hydroxylation is 1. The molecule has 2 aliphatic rings. The molecule has 0 saturated carbocycles. The van der Waals surface area contributed by atoms with Crippen LogP contribution in [0.2, 0.25) is 0 Å².